The van der Waals surface area contributed by atoms with E-state index in [0.29, 0.717) is 11.5 Å². The van der Waals surface area contributed by atoms with Crippen molar-refractivity contribution in [3.05, 3.63) is 24.0 Å². The monoisotopic (exact) mass is 247 g/mol. The zero-order valence-corrected chi connectivity index (χ0v) is 10.9. The maximum absolute atomic E-state index is 12.1. The number of aromatic nitrogens is 1. The van der Waals surface area contributed by atoms with Gasteiger partial charge in [0.25, 0.3) is 5.91 Å². The summed E-state index contributed by atoms with van der Waals surface area (Å²) in [6, 6.07) is 1.77. The lowest BCUT2D eigenvalue weighted by atomic mass is 9.85. The second kappa shape index (κ2) is 6.38. The molecule has 1 aliphatic carbocycles. The summed E-state index contributed by atoms with van der Waals surface area (Å²) in [6.07, 6.45) is 8.20. The van der Waals surface area contributed by atoms with Gasteiger partial charge in [-0.05, 0) is 31.2 Å². The topological polar surface area (TPSA) is 54.0 Å². The van der Waals surface area contributed by atoms with E-state index >= 15 is 0 Å². The van der Waals surface area contributed by atoms with Crippen LogP contribution in [-0.2, 0) is 0 Å². The molecule has 4 nitrogen and oxygen atoms in total. The Morgan fingerprint density at radius 2 is 2.33 bits per heavy atom. The SMILES string of the molecule is CCCNc1cnccc1C(=O)NCC1CCC1. The largest absolute Gasteiger partial charge is 0.383 e. The summed E-state index contributed by atoms with van der Waals surface area (Å²) in [4.78, 5) is 16.2. The first-order chi connectivity index (χ1) is 8.81. The molecule has 18 heavy (non-hydrogen) atoms. The van der Waals surface area contributed by atoms with E-state index in [9.17, 15) is 4.79 Å². The minimum atomic E-state index is 0.00269. The number of hydrogen-bond donors (Lipinski definition) is 2. The number of carbonyl (C=O) groups excluding carboxylic acids is 1. The number of carbonyl (C=O) groups is 1. The van der Waals surface area contributed by atoms with Crippen LogP contribution in [-0.4, -0.2) is 24.0 Å². The molecule has 1 aliphatic rings. The molecule has 2 N–H and O–H groups in total. The van der Waals surface area contributed by atoms with Crippen LogP contribution in [0.3, 0.4) is 0 Å². The first kappa shape index (κ1) is 12.9. The summed E-state index contributed by atoms with van der Waals surface area (Å²) in [7, 11) is 0. The molecular weight excluding hydrogens is 226 g/mol. The second-order valence-electron chi connectivity index (χ2n) is 4.85. The Morgan fingerprint density at radius 1 is 1.50 bits per heavy atom. The van der Waals surface area contributed by atoms with Gasteiger partial charge in [-0.3, -0.25) is 9.78 Å². The quantitative estimate of drug-likeness (QED) is 0.811. The number of rotatable bonds is 6. The third-order valence-corrected chi connectivity index (χ3v) is 3.41. The van der Waals surface area contributed by atoms with E-state index < -0.39 is 0 Å². The molecule has 0 unspecified atom stereocenters. The molecule has 0 spiro atoms. The third-order valence-electron chi connectivity index (χ3n) is 3.41. The van der Waals surface area contributed by atoms with Crippen molar-refractivity contribution in [1.82, 2.24) is 10.3 Å². The number of amides is 1. The van der Waals surface area contributed by atoms with E-state index in [4.69, 9.17) is 0 Å². The highest BCUT2D eigenvalue weighted by Gasteiger charge is 2.19. The van der Waals surface area contributed by atoms with E-state index in [1.165, 1.54) is 19.3 Å². The van der Waals surface area contributed by atoms with Crippen LogP contribution in [0, 0.1) is 5.92 Å². The van der Waals surface area contributed by atoms with Gasteiger partial charge in [0.05, 0.1) is 17.4 Å². The Kier molecular flexibility index (Phi) is 4.56. The van der Waals surface area contributed by atoms with Gasteiger partial charge in [-0.25, -0.2) is 0 Å². The highest BCUT2D eigenvalue weighted by molar-refractivity contribution is 5.99. The Balaban J connectivity index is 1.94. The van der Waals surface area contributed by atoms with E-state index in [1.54, 1.807) is 18.5 Å². The fourth-order valence-electron chi connectivity index (χ4n) is 2.02. The van der Waals surface area contributed by atoms with Gasteiger partial charge in [-0.1, -0.05) is 13.3 Å². The molecule has 0 aliphatic heterocycles. The van der Waals surface area contributed by atoms with Gasteiger partial charge in [0.2, 0.25) is 0 Å². The number of pyridine rings is 1. The van der Waals surface area contributed by atoms with Crippen LogP contribution in [0.4, 0.5) is 5.69 Å². The van der Waals surface area contributed by atoms with Crippen LogP contribution in [0.1, 0.15) is 43.0 Å². The van der Waals surface area contributed by atoms with Gasteiger partial charge in [0, 0.05) is 19.3 Å². The van der Waals surface area contributed by atoms with Crippen molar-refractivity contribution < 1.29 is 4.79 Å². The van der Waals surface area contributed by atoms with Crippen LogP contribution in [0.2, 0.25) is 0 Å². The summed E-state index contributed by atoms with van der Waals surface area (Å²) >= 11 is 0. The molecular formula is C14H21N3O. The molecule has 1 saturated carbocycles. The van der Waals surface area contributed by atoms with Crippen molar-refractivity contribution in [3.8, 4) is 0 Å². The van der Waals surface area contributed by atoms with E-state index in [0.717, 1.165) is 25.2 Å². The first-order valence-electron chi connectivity index (χ1n) is 6.77. The maximum atomic E-state index is 12.1. The second-order valence-corrected chi connectivity index (χ2v) is 4.85. The van der Waals surface area contributed by atoms with Crippen LogP contribution < -0.4 is 10.6 Å². The molecule has 1 amide bonds. The van der Waals surface area contributed by atoms with Gasteiger partial charge >= 0.3 is 0 Å². The van der Waals surface area contributed by atoms with Crippen LogP contribution in [0.25, 0.3) is 0 Å². The number of nitrogens with one attached hydrogen (secondary N) is 2. The summed E-state index contributed by atoms with van der Waals surface area (Å²) in [5.74, 6) is 0.686. The lowest BCUT2D eigenvalue weighted by molar-refractivity contribution is 0.0940. The standard InChI is InChI=1S/C14H21N3O/c1-2-7-16-13-10-15-8-6-12(13)14(18)17-9-11-4-3-5-11/h6,8,10-11,16H,2-5,7,9H2,1H3,(H,17,18). The summed E-state index contributed by atoms with van der Waals surface area (Å²) < 4.78 is 0. The van der Waals surface area contributed by atoms with Gasteiger partial charge in [-0.2, -0.15) is 0 Å². The smallest absolute Gasteiger partial charge is 0.253 e. The molecule has 0 radical (unpaired) electrons. The minimum absolute atomic E-state index is 0.00269. The van der Waals surface area contributed by atoms with E-state index in [2.05, 4.69) is 22.5 Å². The zero-order chi connectivity index (χ0) is 12.8. The molecule has 1 fully saturated rings. The van der Waals surface area contributed by atoms with Crippen LogP contribution in [0.5, 0.6) is 0 Å². The van der Waals surface area contributed by atoms with Gasteiger partial charge in [0.1, 0.15) is 0 Å². The molecule has 0 saturated heterocycles. The Labute approximate surface area is 108 Å². The molecule has 0 aromatic carbocycles. The fraction of sp³-hybridized carbons (Fsp3) is 0.571. The summed E-state index contributed by atoms with van der Waals surface area (Å²) in [5, 5.41) is 6.25. The van der Waals surface area contributed by atoms with Gasteiger partial charge in [-0.15, -0.1) is 0 Å². The molecule has 0 atom stereocenters. The molecule has 98 valence electrons. The fourth-order valence-corrected chi connectivity index (χ4v) is 2.02. The molecule has 4 heteroatoms. The van der Waals surface area contributed by atoms with Crippen LogP contribution >= 0.6 is 0 Å². The summed E-state index contributed by atoms with van der Waals surface area (Å²) in [5.41, 5.74) is 1.52. The predicted molar refractivity (Wildman–Crippen MR) is 72.7 cm³/mol. The number of nitrogens with zero attached hydrogens (tertiary/aromatic N) is 1. The lowest BCUT2D eigenvalue weighted by Crippen LogP contribution is -2.32. The average molecular weight is 247 g/mol. The molecule has 2 rings (SSSR count). The molecule has 1 aromatic rings. The highest BCUT2D eigenvalue weighted by Crippen LogP contribution is 2.25. The molecule has 0 bridgehead atoms. The molecule has 1 aromatic heterocycles. The maximum Gasteiger partial charge on any atom is 0.253 e. The number of anilines is 1. The van der Waals surface area contributed by atoms with Crippen molar-refractivity contribution >= 4 is 11.6 Å². The third kappa shape index (κ3) is 3.22. The zero-order valence-electron chi connectivity index (χ0n) is 10.9. The lowest BCUT2D eigenvalue weighted by Gasteiger charge is -2.25. The van der Waals surface area contributed by atoms with Crippen molar-refractivity contribution in [2.24, 2.45) is 5.92 Å². The number of hydrogen-bond acceptors (Lipinski definition) is 3. The summed E-state index contributed by atoms with van der Waals surface area (Å²) in [6.45, 7) is 3.75. The normalized spacial score (nSPS) is 14.9. The Morgan fingerprint density at radius 3 is 3.00 bits per heavy atom. The average Bonchev–Trinajstić information content (AvgIpc) is 2.34. The van der Waals surface area contributed by atoms with E-state index in [-0.39, 0.29) is 5.91 Å². The van der Waals surface area contributed by atoms with Crippen molar-refractivity contribution in [1.29, 1.82) is 0 Å². The van der Waals surface area contributed by atoms with Crippen molar-refractivity contribution in [2.45, 2.75) is 32.6 Å². The molecule has 1 heterocycles. The first-order valence-corrected chi connectivity index (χ1v) is 6.77. The van der Waals surface area contributed by atoms with E-state index in [1.807, 2.05) is 0 Å². The van der Waals surface area contributed by atoms with Crippen molar-refractivity contribution in [3.63, 3.8) is 0 Å². The van der Waals surface area contributed by atoms with Gasteiger partial charge < -0.3 is 10.6 Å². The Hall–Kier alpha value is -1.58. The highest BCUT2D eigenvalue weighted by atomic mass is 16.1. The van der Waals surface area contributed by atoms with Gasteiger partial charge in [0.15, 0.2) is 0 Å². The van der Waals surface area contributed by atoms with Crippen molar-refractivity contribution in [2.75, 3.05) is 18.4 Å². The minimum Gasteiger partial charge on any atom is -0.383 e. The van der Waals surface area contributed by atoms with Crippen LogP contribution in [0.15, 0.2) is 18.5 Å². The Bertz CT molecular complexity index is 402. The predicted octanol–water partition coefficient (Wildman–Crippen LogP) is 2.43.